The Labute approximate surface area is 129 Å². The van der Waals surface area contributed by atoms with Gasteiger partial charge in [-0.05, 0) is 30.7 Å². The van der Waals surface area contributed by atoms with E-state index in [0.29, 0.717) is 18.7 Å². The van der Waals surface area contributed by atoms with E-state index in [2.05, 4.69) is 5.32 Å². The Balaban J connectivity index is 1.76. The van der Waals surface area contributed by atoms with Gasteiger partial charge in [0.25, 0.3) is 0 Å². The quantitative estimate of drug-likeness (QED) is 0.939. The predicted molar refractivity (Wildman–Crippen MR) is 83.8 cm³/mol. The molecule has 1 amide bonds. The smallest absolute Gasteiger partial charge is 0.243 e. The van der Waals surface area contributed by atoms with E-state index in [0.717, 1.165) is 0 Å². The minimum atomic E-state index is -3.62. The number of carbonyl (C=O) groups is 1. The molecule has 5 nitrogen and oxygen atoms in total. The molecule has 1 unspecified atom stereocenters. The summed E-state index contributed by atoms with van der Waals surface area (Å²) in [5.74, 6) is -0.294. The monoisotopic (exact) mass is 316 g/mol. The van der Waals surface area contributed by atoms with Gasteiger partial charge in [0.05, 0.1) is 4.90 Å². The van der Waals surface area contributed by atoms with Gasteiger partial charge in [0.2, 0.25) is 15.9 Å². The lowest BCUT2D eigenvalue weighted by molar-refractivity contribution is -0.122. The molecule has 6 heteroatoms. The number of carbonyl (C=O) groups excluding carboxylic acids is 1. The van der Waals surface area contributed by atoms with E-state index in [1.54, 1.807) is 42.5 Å². The number of hydrogen-bond donors (Lipinski definition) is 1. The summed E-state index contributed by atoms with van der Waals surface area (Å²) in [5, 5.41) is 2.75. The second-order valence-electron chi connectivity index (χ2n) is 5.09. The second-order valence-corrected chi connectivity index (χ2v) is 6.98. The first kappa shape index (κ1) is 14.7. The van der Waals surface area contributed by atoms with Crippen LogP contribution in [0.3, 0.4) is 0 Å². The van der Waals surface area contributed by atoms with Crippen molar-refractivity contribution in [2.45, 2.75) is 17.4 Å². The summed E-state index contributed by atoms with van der Waals surface area (Å²) in [5.41, 5.74) is 0.663. The first-order valence-electron chi connectivity index (χ1n) is 7.02. The number of benzene rings is 2. The maximum atomic E-state index is 12.5. The average Bonchev–Trinajstić information content (AvgIpc) is 2.47. The highest BCUT2D eigenvalue weighted by Crippen LogP contribution is 2.27. The van der Waals surface area contributed by atoms with Gasteiger partial charge in [0, 0.05) is 12.2 Å². The SMILES string of the molecule is O=C(Nc1ccccc1)C1CCN1S(=O)(=O)c1ccccc1. The fourth-order valence-corrected chi connectivity index (χ4v) is 4.04. The van der Waals surface area contributed by atoms with Gasteiger partial charge in [0.1, 0.15) is 6.04 Å². The van der Waals surface area contributed by atoms with Crippen molar-refractivity contribution in [2.75, 3.05) is 11.9 Å². The fraction of sp³-hybridized carbons (Fsp3) is 0.188. The van der Waals surface area contributed by atoms with Crippen molar-refractivity contribution < 1.29 is 13.2 Å². The Morgan fingerprint density at radius 3 is 2.14 bits per heavy atom. The van der Waals surface area contributed by atoms with Crippen LogP contribution in [0.5, 0.6) is 0 Å². The van der Waals surface area contributed by atoms with Crippen LogP contribution in [-0.2, 0) is 14.8 Å². The normalized spacial score (nSPS) is 18.5. The van der Waals surface area contributed by atoms with Crippen molar-refractivity contribution in [3.05, 3.63) is 60.7 Å². The van der Waals surface area contributed by atoms with E-state index < -0.39 is 16.1 Å². The third-order valence-electron chi connectivity index (χ3n) is 3.66. The van der Waals surface area contributed by atoms with E-state index >= 15 is 0 Å². The number of hydrogen-bond acceptors (Lipinski definition) is 3. The number of amides is 1. The van der Waals surface area contributed by atoms with Gasteiger partial charge in [0.15, 0.2) is 0 Å². The minimum absolute atomic E-state index is 0.215. The van der Waals surface area contributed by atoms with Crippen LogP contribution < -0.4 is 5.32 Å². The molecule has 0 aromatic heterocycles. The molecule has 1 aliphatic heterocycles. The van der Waals surface area contributed by atoms with E-state index in [-0.39, 0.29) is 10.8 Å². The number of sulfonamides is 1. The summed E-state index contributed by atoms with van der Waals surface area (Å²) in [6.07, 6.45) is 0.532. The molecule has 0 bridgehead atoms. The Kier molecular flexibility index (Phi) is 3.96. The lowest BCUT2D eigenvalue weighted by atomic mass is 10.1. The first-order chi connectivity index (χ1) is 10.6. The zero-order valence-electron chi connectivity index (χ0n) is 11.8. The lowest BCUT2D eigenvalue weighted by Gasteiger charge is -2.38. The third kappa shape index (κ3) is 2.75. The largest absolute Gasteiger partial charge is 0.325 e. The van der Waals surface area contributed by atoms with Crippen molar-refractivity contribution in [1.82, 2.24) is 4.31 Å². The van der Waals surface area contributed by atoms with E-state index in [1.807, 2.05) is 18.2 Å². The van der Waals surface area contributed by atoms with Crippen LogP contribution in [0.2, 0.25) is 0 Å². The van der Waals surface area contributed by atoms with Gasteiger partial charge in [-0.2, -0.15) is 4.31 Å². The number of anilines is 1. The molecule has 22 heavy (non-hydrogen) atoms. The molecule has 2 aromatic carbocycles. The molecule has 0 spiro atoms. The molecule has 0 saturated carbocycles. The first-order valence-corrected chi connectivity index (χ1v) is 8.46. The maximum absolute atomic E-state index is 12.5. The molecule has 1 N–H and O–H groups in total. The zero-order valence-corrected chi connectivity index (χ0v) is 12.7. The van der Waals surface area contributed by atoms with E-state index in [1.165, 1.54) is 4.31 Å². The minimum Gasteiger partial charge on any atom is -0.325 e. The summed E-state index contributed by atoms with van der Waals surface area (Å²) in [4.78, 5) is 12.5. The van der Waals surface area contributed by atoms with Crippen LogP contribution in [0.15, 0.2) is 65.6 Å². The molecular weight excluding hydrogens is 300 g/mol. The maximum Gasteiger partial charge on any atom is 0.243 e. The summed E-state index contributed by atoms with van der Waals surface area (Å²) in [7, 11) is -3.62. The van der Waals surface area contributed by atoms with Gasteiger partial charge in [-0.1, -0.05) is 36.4 Å². The van der Waals surface area contributed by atoms with E-state index in [4.69, 9.17) is 0 Å². The highest BCUT2D eigenvalue weighted by molar-refractivity contribution is 7.89. The summed E-state index contributed by atoms with van der Waals surface area (Å²) < 4.78 is 26.3. The number of nitrogens with zero attached hydrogens (tertiary/aromatic N) is 1. The predicted octanol–water partition coefficient (Wildman–Crippen LogP) is 2.09. The van der Waals surface area contributed by atoms with Gasteiger partial charge in [-0.15, -0.1) is 0 Å². The van der Waals surface area contributed by atoms with Crippen LogP contribution in [0, 0.1) is 0 Å². The second kappa shape index (κ2) is 5.90. The Morgan fingerprint density at radius 1 is 1.00 bits per heavy atom. The Morgan fingerprint density at radius 2 is 1.59 bits per heavy atom. The van der Waals surface area contributed by atoms with Crippen molar-refractivity contribution in [2.24, 2.45) is 0 Å². The topological polar surface area (TPSA) is 66.5 Å². The molecule has 1 aliphatic rings. The average molecular weight is 316 g/mol. The molecule has 1 atom stereocenters. The molecule has 0 aliphatic carbocycles. The van der Waals surface area contributed by atoms with Gasteiger partial charge in [-0.25, -0.2) is 8.42 Å². The molecule has 2 aromatic rings. The molecule has 3 rings (SSSR count). The van der Waals surface area contributed by atoms with Crippen molar-refractivity contribution in [1.29, 1.82) is 0 Å². The molecule has 1 fully saturated rings. The Bertz CT molecular complexity index is 760. The van der Waals surface area contributed by atoms with Gasteiger partial charge in [-0.3, -0.25) is 4.79 Å². The molecule has 0 radical (unpaired) electrons. The number of rotatable bonds is 4. The molecular formula is C16H16N2O3S. The van der Waals surface area contributed by atoms with Crippen LogP contribution in [0.4, 0.5) is 5.69 Å². The third-order valence-corrected chi connectivity index (χ3v) is 5.59. The number of para-hydroxylation sites is 1. The lowest BCUT2D eigenvalue weighted by Crippen LogP contribution is -2.56. The molecule has 114 valence electrons. The zero-order chi connectivity index (χ0) is 15.6. The summed E-state index contributed by atoms with van der Waals surface area (Å²) in [6.45, 7) is 0.365. The number of nitrogens with one attached hydrogen (secondary N) is 1. The van der Waals surface area contributed by atoms with Crippen molar-refractivity contribution in [3.63, 3.8) is 0 Å². The molecule has 1 heterocycles. The van der Waals surface area contributed by atoms with Crippen molar-refractivity contribution >= 4 is 21.6 Å². The summed E-state index contributed by atoms with van der Waals surface area (Å²) in [6, 6.07) is 16.6. The van der Waals surface area contributed by atoms with Crippen LogP contribution in [-0.4, -0.2) is 31.2 Å². The highest BCUT2D eigenvalue weighted by atomic mass is 32.2. The van der Waals surface area contributed by atoms with Crippen LogP contribution in [0.25, 0.3) is 0 Å². The van der Waals surface area contributed by atoms with Gasteiger partial charge < -0.3 is 5.32 Å². The van der Waals surface area contributed by atoms with Crippen LogP contribution in [0.1, 0.15) is 6.42 Å². The van der Waals surface area contributed by atoms with Crippen LogP contribution >= 0.6 is 0 Å². The highest BCUT2D eigenvalue weighted by Gasteiger charge is 2.42. The van der Waals surface area contributed by atoms with Crippen molar-refractivity contribution in [3.8, 4) is 0 Å². The Hall–Kier alpha value is -2.18. The standard InChI is InChI=1S/C16H16N2O3S/c19-16(17-13-7-3-1-4-8-13)15-11-12-18(15)22(20,21)14-9-5-2-6-10-14/h1-10,15H,11-12H2,(H,17,19). The molecule has 1 saturated heterocycles. The van der Waals surface area contributed by atoms with E-state index in [9.17, 15) is 13.2 Å². The fourth-order valence-electron chi connectivity index (χ4n) is 2.39. The summed E-state index contributed by atoms with van der Waals surface area (Å²) >= 11 is 0. The van der Waals surface area contributed by atoms with Gasteiger partial charge >= 0.3 is 0 Å².